The number of nitrogens with one attached hydrogen (secondary N) is 1. The van der Waals surface area contributed by atoms with Crippen LogP contribution in [0, 0.1) is 11.8 Å². The fourth-order valence-electron chi connectivity index (χ4n) is 6.09. The van der Waals surface area contributed by atoms with Gasteiger partial charge in [0.15, 0.2) is 0 Å². The first-order chi connectivity index (χ1) is 20.2. The Morgan fingerprint density at radius 1 is 1.14 bits per heavy atom. The molecule has 2 fully saturated rings. The zero-order valence-corrected chi connectivity index (χ0v) is 23.8. The number of rotatable bonds is 7. The molecule has 2 aliphatic rings. The van der Waals surface area contributed by atoms with Gasteiger partial charge in [0.1, 0.15) is 5.69 Å². The van der Waals surface area contributed by atoms with Crippen molar-refractivity contribution in [2.45, 2.75) is 64.3 Å². The average Bonchev–Trinajstić information content (AvgIpc) is 3.56. The number of fused-ring (bicyclic) bond motifs is 1. The number of nitrogens with zero attached hydrogens (tertiary/aromatic N) is 6. The molecule has 0 aromatic carbocycles. The molecule has 0 radical (unpaired) electrons. The molecule has 1 saturated heterocycles. The molecule has 14 heteroatoms. The van der Waals surface area contributed by atoms with E-state index < -0.39 is 17.9 Å². The van der Waals surface area contributed by atoms with Crippen molar-refractivity contribution in [1.29, 1.82) is 0 Å². The molecular formula is C28H31ClF3N7O3. The summed E-state index contributed by atoms with van der Waals surface area (Å²) in [6, 6.07) is 3.47. The summed E-state index contributed by atoms with van der Waals surface area (Å²) in [5.74, 6) is -1.09. The van der Waals surface area contributed by atoms with Gasteiger partial charge in [0.25, 0.3) is 0 Å². The summed E-state index contributed by atoms with van der Waals surface area (Å²) < 4.78 is 53.1. The molecule has 0 spiro atoms. The van der Waals surface area contributed by atoms with Crippen LogP contribution in [0.2, 0.25) is 5.02 Å². The van der Waals surface area contributed by atoms with E-state index in [1.54, 1.807) is 18.3 Å². The quantitative estimate of drug-likeness (QED) is 0.278. The number of imidazole rings is 1. The Bertz CT molecular complexity index is 1610. The lowest BCUT2D eigenvalue weighted by atomic mass is 9.81. The second-order valence-electron chi connectivity index (χ2n) is 11.1. The van der Waals surface area contributed by atoms with Gasteiger partial charge in [-0.2, -0.15) is 13.2 Å². The molecular weight excluding hydrogens is 575 g/mol. The van der Waals surface area contributed by atoms with Crippen LogP contribution in [-0.4, -0.2) is 61.6 Å². The van der Waals surface area contributed by atoms with Gasteiger partial charge < -0.3 is 14.2 Å². The van der Waals surface area contributed by atoms with Crippen molar-refractivity contribution in [2.75, 3.05) is 24.6 Å². The van der Waals surface area contributed by atoms with Crippen LogP contribution in [-0.2, 0) is 11.3 Å². The Labute approximate surface area is 244 Å². The van der Waals surface area contributed by atoms with Crippen LogP contribution in [0.25, 0.3) is 33.8 Å². The van der Waals surface area contributed by atoms with Crippen LogP contribution in [0.1, 0.15) is 45.4 Å². The van der Waals surface area contributed by atoms with Crippen LogP contribution in [0.4, 0.5) is 19.1 Å². The predicted octanol–water partition coefficient (Wildman–Crippen LogP) is 5.86. The summed E-state index contributed by atoms with van der Waals surface area (Å²) in [5.41, 5.74) is 2.79. The number of aromatic amines is 1. The summed E-state index contributed by atoms with van der Waals surface area (Å²) in [5, 5.41) is 4.23. The van der Waals surface area contributed by atoms with Crippen LogP contribution >= 0.6 is 11.6 Å². The van der Waals surface area contributed by atoms with Crippen molar-refractivity contribution >= 4 is 28.6 Å². The Morgan fingerprint density at radius 2 is 1.95 bits per heavy atom. The van der Waals surface area contributed by atoms with Gasteiger partial charge in [0, 0.05) is 37.6 Å². The maximum absolute atomic E-state index is 13.4. The first-order valence-corrected chi connectivity index (χ1v) is 14.6. The zero-order valence-electron chi connectivity index (χ0n) is 23.0. The first-order valence-electron chi connectivity index (χ1n) is 14.2. The SMILES string of the molecule is CCC[C@@H]1CN(c2nc3cc(-c4noc(=O)[nH]4)nc(-c4cncc(Cl)c4)c3n2CC2CCC(C(F)(F)F)CC2)CCO1. The fraction of sp³-hybridized carbons (Fsp3) is 0.536. The van der Waals surface area contributed by atoms with Crippen molar-refractivity contribution in [3.05, 3.63) is 40.1 Å². The molecule has 0 amide bonds. The number of ether oxygens (including phenoxy) is 1. The van der Waals surface area contributed by atoms with Gasteiger partial charge in [-0.25, -0.2) is 14.8 Å². The summed E-state index contributed by atoms with van der Waals surface area (Å²) in [7, 11) is 0. The molecule has 6 rings (SSSR count). The number of morpholine rings is 1. The van der Waals surface area contributed by atoms with Crippen LogP contribution in [0.15, 0.2) is 33.8 Å². The number of hydrogen-bond acceptors (Lipinski definition) is 8. The standard InChI is InChI=1S/C28H31ClF3N7O3/c1-2-3-20-15-38(8-9-41-20)26-35-21-11-22(25-36-27(40)42-37-25)34-23(17-10-19(29)13-33-12-17)24(21)39(26)14-16-4-6-18(7-5-16)28(30,31)32/h10-13,16,18,20H,2-9,14-15H2,1H3,(H,36,37,40)/t16?,18?,20-/m1/s1. The van der Waals surface area contributed by atoms with Crippen molar-refractivity contribution < 1.29 is 22.4 Å². The van der Waals surface area contributed by atoms with Crippen molar-refractivity contribution in [1.82, 2.24) is 29.7 Å². The molecule has 1 atom stereocenters. The summed E-state index contributed by atoms with van der Waals surface area (Å²) in [6.07, 6.45) is 2.06. The topological polar surface area (TPSA) is 115 Å². The highest BCUT2D eigenvalue weighted by atomic mass is 35.5. The van der Waals surface area contributed by atoms with E-state index in [1.807, 2.05) is 0 Å². The lowest BCUT2D eigenvalue weighted by molar-refractivity contribution is -0.184. The average molecular weight is 606 g/mol. The normalized spacial score (nSPS) is 21.7. The molecule has 5 heterocycles. The molecule has 1 aliphatic heterocycles. The number of anilines is 1. The molecule has 4 aromatic heterocycles. The second kappa shape index (κ2) is 11.7. The van der Waals surface area contributed by atoms with E-state index in [1.165, 1.54) is 6.20 Å². The highest BCUT2D eigenvalue weighted by Gasteiger charge is 2.41. The number of pyridine rings is 2. The second-order valence-corrected chi connectivity index (χ2v) is 11.5. The summed E-state index contributed by atoms with van der Waals surface area (Å²) in [4.78, 5) is 30.6. The van der Waals surface area contributed by atoms with Crippen LogP contribution < -0.4 is 10.7 Å². The molecule has 4 aromatic rings. The molecule has 0 unspecified atom stereocenters. The minimum absolute atomic E-state index is 0.0316. The van der Waals surface area contributed by atoms with Crippen molar-refractivity contribution in [2.24, 2.45) is 11.8 Å². The Hall–Kier alpha value is -3.45. The van der Waals surface area contributed by atoms with E-state index >= 15 is 0 Å². The minimum Gasteiger partial charge on any atom is -0.375 e. The van der Waals surface area contributed by atoms with Crippen molar-refractivity contribution in [3.63, 3.8) is 0 Å². The molecule has 224 valence electrons. The Balaban J connectivity index is 1.49. The molecule has 0 bridgehead atoms. The highest BCUT2D eigenvalue weighted by Crippen LogP contribution is 2.41. The summed E-state index contributed by atoms with van der Waals surface area (Å²) in [6.45, 7) is 4.40. The molecule has 1 saturated carbocycles. The Kier molecular flexibility index (Phi) is 7.97. The third kappa shape index (κ3) is 5.89. The van der Waals surface area contributed by atoms with E-state index in [-0.39, 0.29) is 30.7 Å². The zero-order chi connectivity index (χ0) is 29.4. The van der Waals surface area contributed by atoms with E-state index in [4.69, 9.17) is 30.8 Å². The van der Waals surface area contributed by atoms with E-state index in [0.717, 1.165) is 12.8 Å². The number of aromatic nitrogens is 6. The van der Waals surface area contributed by atoms with Gasteiger partial charge in [-0.3, -0.25) is 14.5 Å². The largest absolute Gasteiger partial charge is 0.439 e. The van der Waals surface area contributed by atoms with Gasteiger partial charge in [-0.1, -0.05) is 30.1 Å². The lowest BCUT2D eigenvalue weighted by Crippen LogP contribution is -2.43. The van der Waals surface area contributed by atoms with Gasteiger partial charge in [-0.05, 0) is 50.2 Å². The van der Waals surface area contributed by atoms with E-state index in [0.29, 0.717) is 78.0 Å². The van der Waals surface area contributed by atoms with Crippen LogP contribution in [0.3, 0.4) is 0 Å². The maximum atomic E-state index is 13.4. The third-order valence-corrected chi connectivity index (χ3v) is 8.36. The van der Waals surface area contributed by atoms with Crippen LogP contribution in [0.5, 0.6) is 0 Å². The summed E-state index contributed by atoms with van der Waals surface area (Å²) >= 11 is 6.32. The monoisotopic (exact) mass is 605 g/mol. The van der Waals surface area contributed by atoms with Gasteiger partial charge >= 0.3 is 11.9 Å². The van der Waals surface area contributed by atoms with Gasteiger partial charge in [-0.15, -0.1) is 0 Å². The molecule has 42 heavy (non-hydrogen) atoms. The Morgan fingerprint density at radius 3 is 2.64 bits per heavy atom. The predicted molar refractivity (Wildman–Crippen MR) is 150 cm³/mol. The van der Waals surface area contributed by atoms with Crippen molar-refractivity contribution in [3.8, 4) is 22.8 Å². The molecule has 10 nitrogen and oxygen atoms in total. The smallest absolute Gasteiger partial charge is 0.375 e. The van der Waals surface area contributed by atoms with Gasteiger partial charge in [0.2, 0.25) is 11.8 Å². The molecule has 1 aliphatic carbocycles. The first kappa shape index (κ1) is 28.7. The number of alkyl halides is 3. The van der Waals surface area contributed by atoms with E-state index in [9.17, 15) is 18.0 Å². The maximum Gasteiger partial charge on any atom is 0.439 e. The number of halogens is 4. The third-order valence-electron chi connectivity index (χ3n) is 8.15. The fourth-order valence-corrected chi connectivity index (χ4v) is 6.26. The minimum atomic E-state index is -4.17. The molecule has 1 N–H and O–H groups in total. The highest BCUT2D eigenvalue weighted by molar-refractivity contribution is 6.30. The number of hydrogen-bond donors (Lipinski definition) is 1. The van der Waals surface area contributed by atoms with Gasteiger partial charge in [0.05, 0.1) is 40.4 Å². The number of H-pyrrole nitrogens is 1. The lowest BCUT2D eigenvalue weighted by Gasteiger charge is -2.35. The van der Waals surface area contributed by atoms with E-state index in [2.05, 4.69) is 31.5 Å².